The van der Waals surface area contributed by atoms with Crippen LogP contribution in [0.5, 0.6) is 0 Å². The molecule has 1 rings (SSSR count). The molecule has 0 amide bonds. The molecule has 1 aromatic carbocycles. The molecule has 0 saturated heterocycles. The van der Waals surface area contributed by atoms with Crippen molar-refractivity contribution < 1.29 is 27.3 Å². The van der Waals surface area contributed by atoms with Crippen molar-refractivity contribution in [3.05, 3.63) is 28.8 Å². The maximum atomic E-state index is 12.9. The zero-order valence-corrected chi connectivity index (χ0v) is 9.75. The van der Waals surface area contributed by atoms with Crippen molar-refractivity contribution in [1.29, 1.82) is 0 Å². The summed E-state index contributed by atoms with van der Waals surface area (Å²) in [5, 5.41) is -1.36. The first-order valence-corrected chi connectivity index (χ1v) is 5.63. The molecule has 0 heterocycles. The smallest absolute Gasteiger partial charge is 0.205 e. The van der Waals surface area contributed by atoms with Crippen LogP contribution in [0, 0.1) is 30.2 Å². The maximum absolute atomic E-state index is 12.9. The lowest BCUT2D eigenvalue weighted by Crippen LogP contribution is -2.18. The standard InChI is InChI=1S/C7H5F4O2P.C2H6/c1-2-3(8)5(10)7(14(12)13)6(11)4(2)9;1-2/h12-13H,1H3;1-2H3. The molecule has 2 N–H and O–H groups in total. The van der Waals surface area contributed by atoms with E-state index >= 15 is 0 Å². The van der Waals surface area contributed by atoms with Gasteiger partial charge in [-0.25, -0.2) is 17.6 Å². The average molecular weight is 258 g/mol. The molecule has 7 heteroatoms. The fourth-order valence-corrected chi connectivity index (χ4v) is 1.45. The van der Waals surface area contributed by atoms with Gasteiger partial charge in [0.05, 0.1) is 0 Å². The lowest BCUT2D eigenvalue weighted by Gasteiger charge is -2.09. The first kappa shape index (κ1) is 15.3. The van der Waals surface area contributed by atoms with Gasteiger partial charge in [-0.1, -0.05) is 13.8 Å². The monoisotopic (exact) mass is 258 g/mol. The van der Waals surface area contributed by atoms with Crippen LogP contribution >= 0.6 is 8.38 Å². The minimum Gasteiger partial charge on any atom is -0.346 e. The molecule has 0 spiro atoms. The molecule has 2 nitrogen and oxygen atoms in total. The van der Waals surface area contributed by atoms with E-state index in [0.29, 0.717) is 0 Å². The van der Waals surface area contributed by atoms with Gasteiger partial charge in [0.1, 0.15) is 5.30 Å². The summed E-state index contributed by atoms with van der Waals surface area (Å²) in [6.07, 6.45) is 0. The molecule has 1 aromatic rings. The first-order chi connectivity index (χ1) is 7.37. The van der Waals surface area contributed by atoms with Gasteiger partial charge < -0.3 is 9.79 Å². The highest BCUT2D eigenvalue weighted by Gasteiger charge is 2.27. The maximum Gasteiger partial charge on any atom is 0.205 e. The number of rotatable bonds is 1. The third kappa shape index (κ3) is 2.70. The Labute approximate surface area is 91.5 Å². The Balaban J connectivity index is 0.00000106. The molecule has 0 atom stereocenters. The Morgan fingerprint density at radius 2 is 1.12 bits per heavy atom. The van der Waals surface area contributed by atoms with Crippen LogP contribution in [-0.2, 0) is 0 Å². The van der Waals surface area contributed by atoms with Crippen LogP contribution in [0.2, 0.25) is 0 Å². The Bertz CT molecular complexity index is 353. The van der Waals surface area contributed by atoms with Crippen LogP contribution in [0.3, 0.4) is 0 Å². The number of hydrogen-bond donors (Lipinski definition) is 2. The lowest BCUT2D eigenvalue weighted by molar-refractivity contribution is 0.442. The highest BCUT2D eigenvalue weighted by Crippen LogP contribution is 2.29. The Hall–Kier alpha value is -0.710. The molecule has 0 aromatic heterocycles. The van der Waals surface area contributed by atoms with Crippen LogP contribution in [0.4, 0.5) is 17.6 Å². The van der Waals surface area contributed by atoms with Crippen molar-refractivity contribution in [3.63, 3.8) is 0 Å². The topological polar surface area (TPSA) is 40.5 Å². The first-order valence-electron chi connectivity index (χ1n) is 4.38. The predicted octanol–water partition coefficient (Wildman–Crippen LogP) is 2.50. The summed E-state index contributed by atoms with van der Waals surface area (Å²) in [4.78, 5) is 17.1. The quantitative estimate of drug-likeness (QED) is 0.461. The molecule has 0 aliphatic carbocycles. The minimum absolute atomic E-state index is 0.833. The summed E-state index contributed by atoms with van der Waals surface area (Å²) in [6, 6.07) is 0. The van der Waals surface area contributed by atoms with Crippen LogP contribution in [0.25, 0.3) is 0 Å². The van der Waals surface area contributed by atoms with E-state index in [4.69, 9.17) is 9.79 Å². The van der Waals surface area contributed by atoms with Crippen molar-refractivity contribution in [3.8, 4) is 0 Å². The van der Waals surface area contributed by atoms with Crippen molar-refractivity contribution in [2.75, 3.05) is 0 Å². The lowest BCUT2D eigenvalue weighted by atomic mass is 10.2. The van der Waals surface area contributed by atoms with Gasteiger partial charge in [-0.15, -0.1) is 0 Å². The highest BCUT2D eigenvalue weighted by molar-refractivity contribution is 7.54. The van der Waals surface area contributed by atoms with Crippen molar-refractivity contribution >= 4 is 13.7 Å². The average Bonchev–Trinajstić information content (AvgIpc) is 2.26. The molecule has 0 unspecified atom stereocenters. The highest BCUT2D eigenvalue weighted by atomic mass is 31.2. The molecule has 92 valence electrons. The van der Waals surface area contributed by atoms with E-state index < -0.39 is 42.5 Å². The fourth-order valence-electron chi connectivity index (χ4n) is 0.905. The fraction of sp³-hybridized carbons (Fsp3) is 0.333. The van der Waals surface area contributed by atoms with E-state index in [1.165, 1.54) is 0 Å². The minimum atomic E-state index is -3.21. The Kier molecular flexibility index (Phi) is 5.86. The van der Waals surface area contributed by atoms with Crippen LogP contribution < -0.4 is 5.30 Å². The van der Waals surface area contributed by atoms with Gasteiger partial charge in [0.15, 0.2) is 23.3 Å². The molecular formula is C9H11F4O2P. The summed E-state index contributed by atoms with van der Waals surface area (Å²) in [5.74, 6) is -6.76. The predicted molar refractivity (Wildman–Crippen MR) is 53.4 cm³/mol. The van der Waals surface area contributed by atoms with E-state index in [1.54, 1.807) is 0 Å². The van der Waals surface area contributed by atoms with Gasteiger partial charge in [0.2, 0.25) is 8.38 Å². The SMILES string of the molecule is CC.Cc1c(F)c(F)c(P(O)O)c(F)c1F. The number of hydrogen-bond acceptors (Lipinski definition) is 2. The van der Waals surface area contributed by atoms with Gasteiger partial charge in [-0.3, -0.25) is 0 Å². The zero-order chi connectivity index (χ0) is 13.0. The van der Waals surface area contributed by atoms with Crippen LogP contribution in [-0.4, -0.2) is 9.79 Å². The van der Waals surface area contributed by atoms with Gasteiger partial charge in [0.25, 0.3) is 0 Å². The van der Waals surface area contributed by atoms with E-state index in [9.17, 15) is 17.6 Å². The molecule has 0 fully saturated rings. The van der Waals surface area contributed by atoms with Crippen molar-refractivity contribution in [1.82, 2.24) is 0 Å². The van der Waals surface area contributed by atoms with Gasteiger partial charge in [-0.05, 0) is 6.92 Å². The summed E-state index contributed by atoms with van der Waals surface area (Å²) in [7, 11) is -3.21. The third-order valence-electron chi connectivity index (χ3n) is 1.66. The summed E-state index contributed by atoms with van der Waals surface area (Å²) in [5.41, 5.74) is -0.833. The van der Waals surface area contributed by atoms with Crippen molar-refractivity contribution in [2.45, 2.75) is 20.8 Å². The third-order valence-corrected chi connectivity index (χ3v) is 2.45. The second kappa shape index (κ2) is 6.13. The largest absolute Gasteiger partial charge is 0.346 e. The van der Waals surface area contributed by atoms with E-state index in [2.05, 4.69) is 0 Å². The summed E-state index contributed by atoms with van der Waals surface area (Å²) >= 11 is 0. The summed E-state index contributed by atoms with van der Waals surface area (Å²) < 4.78 is 51.3. The van der Waals surface area contributed by atoms with Gasteiger partial charge in [-0.2, -0.15) is 0 Å². The van der Waals surface area contributed by atoms with Crippen LogP contribution in [0.15, 0.2) is 0 Å². The second-order valence-corrected chi connectivity index (χ2v) is 3.55. The molecule has 0 aliphatic rings. The number of benzene rings is 1. The van der Waals surface area contributed by atoms with Gasteiger partial charge >= 0.3 is 0 Å². The molecular weight excluding hydrogens is 247 g/mol. The van der Waals surface area contributed by atoms with E-state index in [-0.39, 0.29) is 0 Å². The van der Waals surface area contributed by atoms with Crippen LogP contribution in [0.1, 0.15) is 19.4 Å². The van der Waals surface area contributed by atoms with E-state index in [0.717, 1.165) is 6.92 Å². The molecule has 0 radical (unpaired) electrons. The summed E-state index contributed by atoms with van der Waals surface area (Å²) in [6.45, 7) is 4.84. The number of halogens is 4. The second-order valence-electron chi connectivity index (χ2n) is 2.52. The molecule has 0 bridgehead atoms. The Morgan fingerprint density at radius 1 is 0.812 bits per heavy atom. The molecule has 16 heavy (non-hydrogen) atoms. The Morgan fingerprint density at radius 3 is 1.38 bits per heavy atom. The van der Waals surface area contributed by atoms with Crippen molar-refractivity contribution in [2.24, 2.45) is 0 Å². The van der Waals surface area contributed by atoms with E-state index in [1.807, 2.05) is 13.8 Å². The van der Waals surface area contributed by atoms with Gasteiger partial charge in [0, 0.05) is 5.56 Å². The zero-order valence-electron chi connectivity index (χ0n) is 8.85. The molecule has 0 aliphatic heterocycles. The molecule has 0 saturated carbocycles. The normalized spacial score (nSPS) is 10.1.